The lowest BCUT2D eigenvalue weighted by Gasteiger charge is -2.35. The SMILES string of the molecule is COc1ccc([C@H](C(=O)NC2CCCCC2)N(C(=O)[C@H](C)n2nnc3ccccc32)c2ccc(S(=O)(=O)N3CCCCC3)cc2)cc1. The minimum atomic E-state index is -3.70. The first kappa shape index (κ1) is 32.6. The van der Waals surface area contributed by atoms with Gasteiger partial charge in [0.1, 0.15) is 23.3 Å². The average Bonchev–Trinajstić information content (AvgIpc) is 3.55. The quantitative estimate of drug-likeness (QED) is 0.242. The maximum atomic E-state index is 14.8. The molecular formula is C35H42N6O5S. The number of methoxy groups -OCH3 is 1. The van der Waals surface area contributed by atoms with E-state index in [9.17, 15) is 18.0 Å². The van der Waals surface area contributed by atoms with Crippen molar-refractivity contribution in [3.63, 3.8) is 0 Å². The lowest BCUT2D eigenvalue weighted by molar-refractivity contribution is -0.128. The molecule has 4 aromatic rings. The molecule has 12 heteroatoms. The fraction of sp³-hybridized carbons (Fsp3) is 0.429. The Labute approximate surface area is 275 Å². The Morgan fingerprint density at radius 3 is 2.23 bits per heavy atom. The standard InChI is InChI=1S/C35H42N6O5S/c1-25(41-32-14-8-7-13-31(32)37-38-41)35(43)40(28-17-21-30(22-18-28)47(44,45)39-23-9-4-10-24-39)33(26-15-19-29(46-2)20-16-26)34(42)36-27-11-5-3-6-12-27/h7-8,13-22,25,27,33H,3-6,9-12,23-24H2,1-2H3,(H,36,42)/t25-,33+/m0/s1. The highest BCUT2D eigenvalue weighted by Crippen LogP contribution is 2.34. The highest BCUT2D eigenvalue weighted by atomic mass is 32.2. The van der Waals surface area contributed by atoms with Crippen molar-refractivity contribution in [1.82, 2.24) is 24.6 Å². The zero-order chi connectivity index (χ0) is 33.0. The molecule has 2 atom stereocenters. The molecule has 2 fully saturated rings. The van der Waals surface area contributed by atoms with Gasteiger partial charge in [0.15, 0.2) is 0 Å². The lowest BCUT2D eigenvalue weighted by atomic mass is 9.94. The van der Waals surface area contributed by atoms with Gasteiger partial charge in [-0.15, -0.1) is 5.10 Å². The van der Waals surface area contributed by atoms with E-state index in [1.165, 1.54) is 21.3 Å². The van der Waals surface area contributed by atoms with Gasteiger partial charge >= 0.3 is 0 Å². The van der Waals surface area contributed by atoms with Gasteiger partial charge in [0.05, 0.1) is 17.5 Å². The van der Waals surface area contributed by atoms with Crippen molar-refractivity contribution in [1.29, 1.82) is 0 Å². The first-order valence-electron chi connectivity index (χ1n) is 16.5. The summed E-state index contributed by atoms with van der Waals surface area (Å²) in [6.45, 7) is 2.70. The third kappa shape index (κ3) is 6.89. The second-order valence-electron chi connectivity index (χ2n) is 12.4. The first-order chi connectivity index (χ1) is 22.8. The highest BCUT2D eigenvalue weighted by molar-refractivity contribution is 7.89. The number of carbonyl (C=O) groups excluding carboxylic acids is 2. The van der Waals surface area contributed by atoms with Crippen LogP contribution in [0.5, 0.6) is 5.75 Å². The molecule has 1 aliphatic carbocycles. The number of benzene rings is 3. The van der Waals surface area contributed by atoms with Crippen LogP contribution < -0.4 is 15.0 Å². The Balaban J connectivity index is 1.43. The van der Waals surface area contributed by atoms with Gasteiger partial charge in [-0.3, -0.25) is 14.5 Å². The summed E-state index contributed by atoms with van der Waals surface area (Å²) in [4.78, 5) is 30.7. The number of hydrogen-bond acceptors (Lipinski definition) is 7. The summed E-state index contributed by atoms with van der Waals surface area (Å²) < 4.78 is 35.4. The molecule has 0 unspecified atom stereocenters. The molecule has 47 heavy (non-hydrogen) atoms. The summed E-state index contributed by atoms with van der Waals surface area (Å²) in [7, 11) is -2.13. The number of fused-ring (bicyclic) bond motifs is 1. The van der Waals surface area contributed by atoms with Crippen molar-refractivity contribution in [2.24, 2.45) is 0 Å². The number of sulfonamides is 1. The van der Waals surface area contributed by atoms with Crippen LogP contribution in [0, 0.1) is 0 Å². The van der Waals surface area contributed by atoms with Crippen LogP contribution in [0.25, 0.3) is 11.0 Å². The molecule has 3 aromatic carbocycles. The molecule has 0 radical (unpaired) electrons. The molecule has 1 aliphatic heterocycles. The summed E-state index contributed by atoms with van der Waals surface area (Å²) in [6, 6.07) is 18.9. The number of anilines is 1. The Kier molecular flexibility index (Phi) is 9.88. The van der Waals surface area contributed by atoms with Gasteiger partial charge < -0.3 is 10.1 Å². The fourth-order valence-corrected chi connectivity index (χ4v) is 8.16. The van der Waals surface area contributed by atoms with Crippen LogP contribution in [-0.2, 0) is 19.6 Å². The van der Waals surface area contributed by atoms with Gasteiger partial charge in [-0.25, -0.2) is 13.1 Å². The van der Waals surface area contributed by atoms with Crippen LogP contribution in [0.15, 0.2) is 77.7 Å². The summed E-state index contributed by atoms with van der Waals surface area (Å²) in [5, 5.41) is 11.8. The van der Waals surface area contributed by atoms with E-state index >= 15 is 0 Å². The molecule has 1 saturated carbocycles. The molecule has 248 valence electrons. The van der Waals surface area contributed by atoms with E-state index < -0.39 is 28.0 Å². The van der Waals surface area contributed by atoms with Crippen molar-refractivity contribution in [3.05, 3.63) is 78.4 Å². The smallest absolute Gasteiger partial charge is 0.252 e. The number of hydrogen-bond donors (Lipinski definition) is 1. The fourth-order valence-electron chi connectivity index (χ4n) is 6.65. The van der Waals surface area contributed by atoms with Gasteiger partial charge in [-0.05, 0) is 86.7 Å². The third-order valence-corrected chi connectivity index (χ3v) is 11.2. The van der Waals surface area contributed by atoms with Gasteiger partial charge in [-0.1, -0.05) is 55.2 Å². The van der Waals surface area contributed by atoms with Crippen molar-refractivity contribution in [3.8, 4) is 5.75 Å². The molecule has 1 saturated heterocycles. The molecule has 0 spiro atoms. The molecule has 2 aliphatic rings. The molecule has 0 bridgehead atoms. The number of rotatable bonds is 10. The summed E-state index contributed by atoms with van der Waals surface area (Å²) in [5.74, 6) is -0.0872. The van der Waals surface area contributed by atoms with Crippen molar-refractivity contribution >= 4 is 38.6 Å². The molecule has 6 rings (SSSR count). The zero-order valence-electron chi connectivity index (χ0n) is 26.9. The number of nitrogens with zero attached hydrogens (tertiary/aromatic N) is 5. The average molecular weight is 659 g/mol. The topological polar surface area (TPSA) is 127 Å². The van der Waals surface area contributed by atoms with Crippen molar-refractivity contribution in [2.45, 2.75) is 81.3 Å². The molecule has 1 N–H and O–H groups in total. The van der Waals surface area contributed by atoms with E-state index in [1.54, 1.807) is 55.1 Å². The number of para-hydroxylation sites is 1. The predicted molar refractivity (Wildman–Crippen MR) is 180 cm³/mol. The van der Waals surface area contributed by atoms with Crippen molar-refractivity contribution in [2.75, 3.05) is 25.1 Å². The first-order valence-corrected chi connectivity index (χ1v) is 17.9. The summed E-state index contributed by atoms with van der Waals surface area (Å²) in [6.07, 6.45) is 7.61. The Morgan fingerprint density at radius 2 is 1.55 bits per heavy atom. The highest BCUT2D eigenvalue weighted by Gasteiger charge is 2.37. The minimum Gasteiger partial charge on any atom is -0.497 e. The second kappa shape index (κ2) is 14.2. The van der Waals surface area contributed by atoms with Gasteiger partial charge in [0, 0.05) is 24.8 Å². The van der Waals surface area contributed by atoms with Gasteiger partial charge in [0.2, 0.25) is 15.9 Å². The van der Waals surface area contributed by atoms with Gasteiger partial charge in [-0.2, -0.15) is 4.31 Å². The van der Waals surface area contributed by atoms with Crippen LogP contribution in [0.3, 0.4) is 0 Å². The largest absolute Gasteiger partial charge is 0.497 e. The van der Waals surface area contributed by atoms with Crippen LogP contribution in [-0.4, -0.2) is 65.8 Å². The van der Waals surface area contributed by atoms with E-state index in [2.05, 4.69) is 15.6 Å². The van der Waals surface area contributed by atoms with E-state index in [0.29, 0.717) is 41.1 Å². The molecule has 1 aromatic heterocycles. The predicted octanol–water partition coefficient (Wildman–Crippen LogP) is 5.40. The van der Waals surface area contributed by atoms with Crippen LogP contribution in [0.1, 0.15) is 75.9 Å². The minimum absolute atomic E-state index is 0.00250. The summed E-state index contributed by atoms with van der Waals surface area (Å²) in [5.41, 5.74) is 2.31. The van der Waals surface area contributed by atoms with Crippen molar-refractivity contribution < 1.29 is 22.7 Å². The molecule has 2 heterocycles. The zero-order valence-corrected chi connectivity index (χ0v) is 27.7. The monoisotopic (exact) mass is 658 g/mol. The second-order valence-corrected chi connectivity index (χ2v) is 14.3. The lowest BCUT2D eigenvalue weighted by Crippen LogP contribution is -2.49. The van der Waals surface area contributed by atoms with Crippen LogP contribution in [0.2, 0.25) is 0 Å². The number of carbonyl (C=O) groups is 2. The normalized spacial score (nSPS) is 17.6. The Bertz CT molecular complexity index is 1800. The third-order valence-electron chi connectivity index (χ3n) is 9.30. The number of aromatic nitrogens is 3. The van der Waals surface area contributed by atoms with Crippen LogP contribution >= 0.6 is 0 Å². The van der Waals surface area contributed by atoms with Gasteiger partial charge in [0.25, 0.3) is 5.91 Å². The van der Waals surface area contributed by atoms with E-state index in [-0.39, 0.29) is 16.8 Å². The summed E-state index contributed by atoms with van der Waals surface area (Å²) >= 11 is 0. The number of ether oxygens (including phenoxy) is 1. The van der Waals surface area contributed by atoms with Crippen LogP contribution in [0.4, 0.5) is 5.69 Å². The molecular weight excluding hydrogens is 616 g/mol. The Hall–Kier alpha value is -4.29. The molecule has 2 amide bonds. The number of amides is 2. The van der Waals surface area contributed by atoms with E-state index in [4.69, 9.17) is 4.74 Å². The maximum Gasteiger partial charge on any atom is 0.252 e. The Morgan fingerprint density at radius 1 is 0.894 bits per heavy atom. The van der Waals surface area contributed by atoms with E-state index in [1.807, 2.05) is 24.3 Å². The molecule has 11 nitrogen and oxygen atoms in total. The number of piperidine rings is 1. The van der Waals surface area contributed by atoms with E-state index in [0.717, 1.165) is 51.4 Å². The number of nitrogens with one attached hydrogen (secondary N) is 1. The maximum absolute atomic E-state index is 14.8.